The fraction of sp³-hybridized carbons (Fsp3) is 0.821. The molecule has 0 radical (unpaired) electrons. The molecule has 0 spiro atoms. The Morgan fingerprint density at radius 3 is 0.962 bits per heavy atom. The van der Waals surface area contributed by atoms with E-state index in [4.69, 9.17) is 33.2 Å². The number of hydrogen-bond donors (Lipinski definition) is 0. The molecule has 0 aliphatic heterocycles. The predicted octanol–water partition coefficient (Wildman–Crippen LogP) is 9.06. The van der Waals surface area contributed by atoms with Crippen LogP contribution >= 0.6 is 0 Å². The van der Waals surface area contributed by atoms with Gasteiger partial charge in [-0.3, -0.25) is 4.79 Å². The lowest BCUT2D eigenvalue weighted by atomic mass is 10.0. The first-order chi connectivity index (χ1) is 25.9. The van der Waals surface area contributed by atoms with E-state index < -0.39 is 47.2 Å². The smallest absolute Gasteiger partial charge is 0.313 e. The van der Waals surface area contributed by atoms with Crippen LogP contribution in [0.1, 0.15) is 116 Å². The Balaban J connectivity index is 1.72. The molecule has 0 aromatic heterocycles. The summed E-state index contributed by atoms with van der Waals surface area (Å²) in [5.41, 5.74) is 0. The standard InChI is InChI=1S/C39H65F5O9/c1-2-3-4-5-6-7-8-9-10-11-12-13-14-15-16-17-19-46-21-23-48-25-27-50-29-31-52-32-30-51-28-26-49-24-22-47-20-18-33(45)53-39-37(43)35(41)34(40)36(42)38(39)44/h2-32H2,1H3. The van der Waals surface area contributed by atoms with Gasteiger partial charge < -0.3 is 37.9 Å². The number of unbranched alkanes of at least 4 members (excludes halogenated alkanes) is 15. The molecule has 0 unspecified atom stereocenters. The molecule has 14 heteroatoms. The second kappa shape index (κ2) is 35.7. The van der Waals surface area contributed by atoms with E-state index >= 15 is 0 Å². The molecule has 0 heterocycles. The van der Waals surface area contributed by atoms with Gasteiger partial charge in [-0.2, -0.15) is 8.78 Å². The number of carbonyl (C=O) groups is 1. The average Bonchev–Trinajstić information content (AvgIpc) is 3.16. The first kappa shape index (κ1) is 49.1. The van der Waals surface area contributed by atoms with E-state index in [1.54, 1.807) is 0 Å². The molecule has 53 heavy (non-hydrogen) atoms. The van der Waals surface area contributed by atoms with Crippen LogP contribution in [0, 0.1) is 29.1 Å². The normalized spacial score (nSPS) is 11.5. The summed E-state index contributed by atoms with van der Waals surface area (Å²) in [6, 6.07) is 0. The van der Waals surface area contributed by atoms with Crippen LogP contribution in [0.2, 0.25) is 0 Å². The molecule has 9 nitrogen and oxygen atoms in total. The van der Waals surface area contributed by atoms with Crippen LogP contribution < -0.4 is 4.74 Å². The molecule has 0 aliphatic carbocycles. The topological polar surface area (TPSA) is 90.9 Å². The van der Waals surface area contributed by atoms with Gasteiger partial charge in [0.15, 0.2) is 0 Å². The highest BCUT2D eigenvalue weighted by atomic mass is 19.2. The molecule has 0 saturated heterocycles. The van der Waals surface area contributed by atoms with Gasteiger partial charge in [0.25, 0.3) is 0 Å². The van der Waals surface area contributed by atoms with E-state index in [0.29, 0.717) is 66.1 Å². The lowest BCUT2D eigenvalue weighted by molar-refractivity contribution is -0.136. The molecule has 0 amide bonds. The van der Waals surface area contributed by atoms with Gasteiger partial charge in [-0.05, 0) is 6.42 Å². The summed E-state index contributed by atoms with van der Waals surface area (Å²) in [7, 11) is 0. The predicted molar refractivity (Wildman–Crippen MR) is 192 cm³/mol. The maximum atomic E-state index is 13.6. The van der Waals surface area contributed by atoms with Crippen molar-refractivity contribution in [3.8, 4) is 5.75 Å². The van der Waals surface area contributed by atoms with Crippen molar-refractivity contribution in [2.45, 2.75) is 116 Å². The second-order valence-corrected chi connectivity index (χ2v) is 12.7. The Hall–Kier alpha value is -1.94. The fourth-order valence-electron chi connectivity index (χ4n) is 5.17. The highest BCUT2D eigenvalue weighted by molar-refractivity contribution is 5.72. The third kappa shape index (κ3) is 27.3. The largest absolute Gasteiger partial charge is 0.420 e. The molecular weight excluding hydrogens is 707 g/mol. The van der Waals surface area contributed by atoms with Crippen LogP contribution in [0.15, 0.2) is 0 Å². The minimum absolute atomic E-state index is 0.0946. The molecule has 1 aromatic carbocycles. The van der Waals surface area contributed by atoms with E-state index in [1.807, 2.05) is 0 Å². The zero-order valence-electron chi connectivity index (χ0n) is 32.0. The third-order valence-corrected chi connectivity index (χ3v) is 8.21. The van der Waals surface area contributed by atoms with E-state index in [-0.39, 0.29) is 19.8 Å². The van der Waals surface area contributed by atoms with Crippen molar-refractivity contribution in [2.24, 2.45) is 0 Å². The minimum Gasteiger partial charge on any atom is -0.420 e. The van der Waals surface area contributed by atoms with Gasteiger partial charge in [-0.1, -0.05) is 103 Å². The van der Waals surface area contributed by atoms with E-state index in [0.717, 1.165) is 13.0 Å². The summed E-state index contributed by atoms with van der Waals surface area (Å²) in [4.78, 5) is 11.7. The van der Waals surface area contributed by atoms with Crippen LogP contribution in [0.25, 0.3) is 0 Å². The molecule has 0 N–H and O–H groups in total. The van der Waals surface area contributed by atoms with Gasteiger partial charge in [0.1, 0.15) is 0 Å². The summed E-state index contributed by atoms with van der Waals surface area (Å²) in [5, 5.41) is 0. The lowest BCUT2D eigenvalue weighted by Crippen LogP contribution is -2.16. The number of halogens is 5. The van der Waals surface area contributed by atoms with E-state index in [2.05, 4.69) is 11.7 Å². The quantitative estimate of drug-likeness (QED) is 0.0162. The SMILES string of the molecule is CCCCCCCCCCCCCCCCCCOCCOCCOCCOCCOCCOCCOCCC(=O)Oc1c(F)c(F)c(F)c(F)c1F. The van der Waals surface area contributed by atoms with Crippen LogP contribution in [0.4, 0.5) is 22.0 Å². The highest BCUT2D eigenvalue weighted by Gasteiger charge is 2.28. The Morgan fingerprint density at radius 2 is 0.623 bits per heavy atom. The molecular formula is C39H65F5O9. The number of ether oxygens (including phenoxy) is 8. The fourth-order valence-corrected chi connectivity index (χ4v) is 5.17. The van der Waals surface area contributed by atoms with Crippen molar-refractivity contribution in [1.29, 1.82) is 0 Å². The lowest BCUT2D eigenvalue weighted by Gasteiger charge is -2.09. The van der Waals surface area contributed by atoms with Crippen molar-refractivity contribution < 1.29 is 64.6 Å². The molecule has 1 rings (SSSR count). The average molecular weight is 773 g/mol. The summed E-state index contributed by atoms with van der Waals surface area (Å²) < 4.78 is 109. The number of esters is 1. The monoisotopic (exact) mass is 772 g/mol. The number of carbonyl (C=O) groups excluding carboxylic acids is 1. The number of benzene rings is 1. The Kier molecular flexibility index (Phi) is 33.1. The van der Waals surface area contributed by atoms with Crippen molar-refractivity contribution in [3.05, 3.63) is 29.1 Å². The summed E-state index contributed by atoms with van der Waals surface area (Å²) in [6.07, 6.45) is 21.3. The van der Waals surface area contributed by atoms with Crippen LogP contribution in [-0.4, -0.2) is 98.5 Å². The van der Waals surface area contributed by atoms with Crippen molar-refractivity contribution in [2.75, 3.05) is 92.5 Å². The molecule has 0 bridgehead atoms. The summed E-state index contributed by atoms with van der Waals surface area (Å²) >= 11 is 0. The first-order valence-electron chi connectivity index (χ1n) is 19.7. The maximum absolute atomic E-state index is 13.6. The van der Waals surface area contributed by atoms with Gasteiger partial charge in [-0.15, -0.1) is 0 Å². The minimum atomic E-state index is -2.34. The van der Waals surface area contributed by atoms with E-state index in [1.165, 1.54) is 96.3 Å². The van der Waals surface area contributed by atoms with E-state index in [9.17, 15) is 26.7 Å². The van der Waals surface area contributed by atoms with Crippen molar-refractivity contribution >= 4 is 5.97 Å². The summed E-state index contributed by atoms with van der Waals surface area (Å²) in [5.74, 6) is -14.1. The Labute approximate surface area is 313 Å². The molecule has 0 atom stereocenters. The van der Waals surface area contributed by atoms with Crippen LogP contribution in [0.5, 0.6) is 5.75 Å². The number of hydrogen-bond acceptors (Lipinski definition) is 9. The Bertz CT molecular complexity index is 993. The van der Waals surface area contributed by atoms with Crippen LogP contribution in [-0.2, 0) is 38.0 Å². The highest BCUT2D eigenvalue weighted by Crippen LogP contribution is 2.29. The maximum Gasteiger partial charge on any atom is 0.313 e. The van der Waals surface area contributed by atoms with Crippen molar-refractivity contribution in [3.63, 3.8) is 0 Å². The third-order valence-electron chi connectivity index (χ3n) is 8.21. The van der Waals surface area contributed by atoms with Gasteiger partial charge in [0, 0.05) is 6.61 Å². The summed E-state index contributed by atoms with van der Waals surface area (Å²) in [6.45, 7) is 7.58. The first-order valence-corrected chi connectivity index (χ1v) is 19.7. The second-order valence-electron chi connectivity index (χ2n) is 12.7. The van der Waals surface area contributed by atoms with Gasteiger partial charge in [0.05, 0.1) is 92.3 Å². The number of rotatable bonds is 39. The van der Waals surface area contributed by atoms with Gasteiger partial charge in [-0.25, -0.2) is 13.2 Å². The molecule has 1 aromatic rings. The van der Waals surface area contributed by atoms with Gasteiger partial charge >= 0.3 is 5.97 Å². The molecule has 310 valence electrons. The molecule has 0 fully saturated rings. The molecule has 0 aliphatic rings. The Morgan fingerprint density at radius 1 is 0.358 bits per heavy atom. The van der Waals surface area contributed by atoms with Crippen molar-refractivity contribution in [1.82, 2.24) is 0 Å². The zero-order valence-corrected chi connectivity index (χ0v) is 32.0. The molecule has 0 saturated carbocycles. The van der Waals surface area contributed by atoms with Gasteiger partial charge in [0.2, 0.25) is 34.8 Å². The van der Waals surface area contributed by atoms with Crippen LogP contribution in [0.3, 0.4) is 0 Å². The zero-order chi connectivity index (χ0) is 38.6.